The number of hydrogen-bond acceptors (Lipinski definition) is 3. The molecule has 0 unspecified atom stereocenters. The van der Waals surface area contributed by atoms with Crippen LogP contribution >= 0.6 is 11.6 Å². The fourth-order valence-corrected chi connectivity index (χ4v) is 4.21. The Balaban J connectivity index is 1.82. The molecule has 5 heteroatoms. The summed E-state index contributed by atoms with van der Waals surface area (Å²) in [4.78, 5) is 28.7. The van der Waals surface area contributed by atoms with Crippen LogP contribution in [0.5, 0.6) is 0 Å². The van der Waals surface area contributed by atoms with E-state index in [0.717, 1.165) is 22.4 Å². The lowest BCUT2D eigenvalue weighted by atomic mass is 9.98. The van der Waals surface area contributed by atoms with Crippen LogP contribution in [-0.4, -0.2) is 5.91 Å². The van der Waals surface area contributed by atoms with Crippen molar-refractivity contribution in [2.75, 3.05) is 4.90 Å². The number of carbonyl (C=O) groups is 1. The Labute approximate surface area is 178 Å². The van der Waals surface area contributed by atoms with Crippen LogP contribution in [0.4, 0.5) is 5.69 Å². The SMILES string of the molecule is Cc1ccc(N2C(=O)c3oc4ccc(Cl)cc4c(=O)c3[C@H]2c2ccccc2)cc1C. The van der Waals surface area contributed by atoms with Crippen LogP contribution < -0.4 is 10.3 Å². The number of anilines is 1. The van der Waals surface area contributed by atoms with Gasteiger partial charge in [-0.25, -0.2) is 0 Å². The molecule has 0 bridgehead atoms. The summed E-state index contributed by atoms with van der Waals surface area (Å²) in [5, 5.41) is 0.818. The highest BCUT2D eigenvalue weighted by Gasteiger charge is 2.43. The van der Waals surface area contributed by atoms with Crippen molar-refractivity contribution in [1.82, 2.24) is 0 Å². The minimum atomic E-state index is -0.574. The van der Waals surface area contributed by atoms with Crippen molar-refractivity contribution in [3.05, 3.63) is 110 Å². The first kappa shape index (κ1) is 18.6. The predicted molar refractivity (Wildman–Crippen MR) is 119 cm³/mol. The summed E-state index contributed by atoms with van der Waals surface area (Å²) in [5.41, 5.74) is 4.24. The highest BCUT2D eigenvalue weighted by Crippen LogP contribution is 2.41. The average molecular weight is 416 g/mol. The largest absolute Gasteiger partial charge is 0.450 e. The summed E-state index contributed by atoms with van der Waals surface area (Å²) < 4.78 is 5.96. The van der Waals surface area contributed by atoms with Crippen LogP contribution in [0.1, 0.15) is 38.9 Å². The summed E-state index contributed by atoms with van der Waals surface area (Å²) in [6.45, 7) is 4.03. The molecule has 0 N–H and O–H groups in total. The maximum absolute atomic E-state index is 13.5. The Hall–Kier alpha value is -3.37. The summed E-state index contributed by atoms with van der Waals surface area (Å²) in [7, 11) is 0. The fraction of sp³-hybridized carbons (Fsp3) is 0.120. The highest BCUT2D eigenvalue weighted by atomic mass is 35.5. The van der Waals surface area contributed by atoms with E-state index in [2.05, 4.69) is 0 Å². The zero-order valence-electron chi connectivity index (χ0n) is 16.5. The van der Waals surface area contributed by atoms with Gasteiger partial charge >= 0.3 is 0 Å². The number of rotatable bonds is 2. The number of benzene rings is 3. The van der Waals surface area contributed by atoms with E-state index in [0.29, 0.717) is 21.6 Å². The van der Waals surface area contributed by atoms with Crippen molar-refractivity contribution in [1.29, 1.82) is 0 Å². The molecule has 0 aliphatic carbocycles. The molecular weight excluding hydrogens is 398 g/mol. The minimum absolute atomic E-state index is 0.0851. The van der Waals surface area contributed by atoms with Gasteiger partial charge in [0.2, 0.25) is 5.76 Å². The van der Waals surface area contributed by atoms with Gasteiger partial charge in [0.05, 0.1) is 17.0 Å². The Morgan fingerprint density at radius 2 is 1.67 bits per heavy atom. The first-order chi connectivity index (χ1) is 14.5. The van der Waals surface area contributed by atoms with E-state index in [1.807, 2.05) is 62.4 Å². The number of amides is 1. The third kappa shape index (κ3) is 2.76. The Morgan fingerprint density at radius 1 is 0.900 bits per heavy atom. The Kier molecular flexibility index (Phi) is 4.26. The maximum atomic E-state index is 13.5. The van der Waals surface area contributed by atoms with Gasteiger partial charge in [-0.3, -0.25) is 14.5 Å². The second kappa shape index (κ2) is 6.85. The molecule has 1 atom stereocenters. The summed E-state index contributed by atoms with van der Waals surface area (Å²) in [5.74, 6) is -0.238. The van der Waals surface area contributed by atoms with E-state index in [1.54, 1.807) is 23.1 Å². The summed E-state index contributed by atoms with van der Waals surface area (Å²) in [6, 6.07) is 19.7. The molecule has 3 aromatic carbocycles. The topological polar surface area (TPSA) is 50.5 Å². The van der Waals surface area contributed by atoms with E-state index in [-0.39, 0.29) is 17.1 Å². The van der Waals surface area contributed by atoms with Crippen molar-refractivity contribution in [3.8, 4) is 0 Å². The van der Waals surface area contributed by atoms with Gasteiger partial charge in [0.1, 0.15) is 5.58 Å². The number of hydrogen-bond donors (Lipinski definition) is 0. The van der Waals surface area contributed by atoms with Crippen LogP contribution in [0.2, 0.25) is 5.02 Å². The van der Waals surface area contributed by atoms with Crippen molar-refractivity contribution >= 4 is 34.2 Å². The Bertz CT molecular complexity index is 1370. The van der Waals surface area contributed by atoms with Crippen LogP contribution in [0.3, 0.4) is 0 Å². The van der Waals surface area contributed by atoms with E-state index in [1.165, 1.54) is 0 Å². The van der Waals surface area contributed by atoms with Gasteiger partial charge in [-0.2, -0.15) is 0 Å². The number of aryl methyl sites for hydroxylation is 2. The molecule has 4 nitrogen and oxygen atoms in total. The van der Waals surface area contributed by atoms with Gasteiger partial charge < -0.3 is 4.42 Å². The lowest BCUT2D eigenvalue weighted by Crippen LogP contribution is -2.29. The second-order valence-electron chi connectivity index (χ2n) is 7.57. The molecular formula is C25H18ClNO3. The third-order valence-electron chi connectivity index (χ3n) is 5.72. The van der Waals surface area contributed by atoms with Gasteiger partial charge in [-0.15, -0.1) is 0 Å². The molecule has 1 amide bonds. The number of fused-ring (bicyclic) bond motifs is 2. The minimum Gasteiger partial charge on any atom is -0.450 e. The zero-order valence-corrected chi connectivity index (χ0v) is 17.2. The van der Waals surface area contributed by atoms with E-state index < -0.39 is 6.04 Å². The van der Waals surface area contributed by atoms with Crippen molar-refractivity contribution in [2.24, 2.45) is 0 Å². The molecule has 1 aromatic heterocycles. The molecule has 4 aromatic rings. The molecule has 0 spiro atoms. The molecule has 0 saturated carbocycles. The predicted octanol–water partition coefficient (Wildman–Crippen LogP) is 5.81. The van der Waals surface area contributed by atoms with E-state index >= 15 is 0 Å². The van der Waals surface area contributed by atoms with Crippen LogP contribution in [0, 0.1) is 13.8 Å². The number of carbonyl (C=O) groups excluding carboxylic acids is 1. The lowest BCUT2D eigenvalue weighted by Gasteiger charge is -2.25. The van der Waals surface area contributed by atoms with Crippen molar-refractivity contribution in [3.63, 3.8) is 0 Å². The maximum Gasteiger partial charge on any atom is 0.295 e. The van der Waals surface area contributed by atoms with Gasteiger partial charge in [-0.05, 0) is 60.9 Å². The molecule has 0 fully saturated rings. The third-order valence-corrected chi connectivity index (χ3v) is 5.95. The Morgan fingerprint density at radius 3 is 2.40 bits per heavy atom. The van der Waals surface area contributed by atoms with Gasteiger partial charge in [-0.1, -0.05) is 48.0 Å². The molecule has 0 radical (unpaired) electrons. The number of halogens is 1. The lowest BCUT2D eigenvalue weighted by molar-refractivity contribution is 0.0971. The monoisotopic (exact) mass is 415 g/mol. The molecule has 1 aliphatic rings. The van der Waals surface area contributed by atoms with Crippen LogP contribution in [0.15, 0.2) is 75.9 Å². The molecule has 30 heavy (non-hydrogen) atoms. The van der Waals surface area contributed by atoms with E-state index in [4.69, 9.17) is 16.0 Å². The molecule has 2 heterocycles. The van der Waals surface area contributed by atoms with Crippen molar-refractivity contribution in [2.45, 2.75) is 19.9 Å². The molecule has 0 saturated heterocycles. The van der Waals surface area contributed by atoms with E-state index in [9.17, 15) is 9.59 Å². The first-order valence-electron chi connectivity index (χ1n) is 9.67. The standard InChI is InChI=1S/C25H18ClNO3/c1-14-8-10-18(12-15(14)2)27-22(16-6-4-3-5-7-16)21-23(28)19-13-17(26)9-11-20(19)30-24(21)25(27)29/h3-13,22H,1-2H3/t22-/m1/s1. The number of nitrogens with zero attached hydrogens (tertiary/aromatic N) is 1. The smallest absolute Gasteiger partial charge is 0.295 e. The zero-order chi connectivity index (χ0) is 21.0. The molecule has 1 aliphatic heterocycles. The fourth-order valence-electron chi connectivity index (χ4n) is 4.04. The van der Waals surface area contributed by atoms with Crippen molar-refractivity contribution < 1.29 is 9.21 Å². The molecule has 148 valence electrons. The quantitative estimate of drug-likeness (QED) is 0.415. The first-order valence-corrected chi connectivity index (χ1v) is 10.1. The van der Waals surface area contributed by atoms with Crippen LogP contribution in [0.25, 0.3) is 11.0 Å². The summed E-state index contributed by atoms with van der Waals surface area (Å²) >= 11 is 6.12. The second-order valence-corrected chi connectivity index (χ2v) is 8.01. The molecule has 5 rings (SSSR count). The van der Waals surface area contributed by atoms with Gasteiger partial charge in [0.15, 0.2) is 5.43 Å². The average Bonchev–Trinajstić information content (AvgIpc) is 3.04. The highest BCUT2D eigenvalue weighted by molar-refractivity contribution is 6.31. The van der Waals surface area contributed by atoms with Gasteiger partial charge in [0, 0.05) is 10.7 Å². The van der Waals surface area contributed by atoms with Crippen LogP contribution in [-0.2, 0) is 0 Å². The van der Waals surface area contributed by atoms with Gasteiger partial charge in [0.25, 0.3) is 5.91 Å². The summed E-state index contributed by atoms with van der Waals surface area (Å²) in [6.07, 6.45) is 0. The normalized spacial score (nSPS) is 15.6.